The average Bonchev–Trinajstić information content (AvgIpc) is 3.06. The van der Waals surface area contributed by atoms with Gasteiger partial charge in [0, 0.05) is 23.2 Å². The fourth-order valence-corrected chi connectivity index (χ4v) is 2.97. The second-order valence-electron chi connectivity index (χ2n) is 6.13. The molecule has 0 radical (unpaired) electrons. The van der Waals surface area contributed by atoms with E-state index in [1.165, 1.54) is 6.42 Å². The predicted octanol–water partition coefficient (Wildman–Crippen LogP) is 3.64. The molecule has 1 fully saturated rings. The fourth-order valence-electron chi connectivity index (χ4n) is 2.97. The van der Waals surface area contributed by atoms with Gasteiger partial charge in [0.1, 0.15) is 18.2 Å². The van der Waals surface area contributed by atoms with Crippen LogP contribution in [0.3, 0.4) is 0 Å². The van der Waals surface area contributed by atoms with E-state index in [4.69, 9.17) is 10.5 Å². The largest absolute Gasteiger partial charge is 0.492 e. The van der Waals surface area contributed by atoms with Crippen molar-refractivity contribution in [1.82, 2.24) is 5.32 Å². The van der Waals surface area contributed by atoms with Crippen LogP contribution in [0.5, 0.6) is 5.75 Å². The molecule has 1 aliphatic rings. The minimum Gasteiger partial charge on any atom is -0.492 e. The van der Waals surface area contributed by atoms with Crippen LogP contribution in [0.25, 0.3) is 11.1 Å². The maximum Gasteiger partial charge on any atom is 0.135 e. The SMILES string of the molecule is C[C@@H](N)c1cccc(-c2cccc(OCC3CCCN3)c2)c1F. The van der Waals surface area contributed by atoms with Gasteiger partial charge in [0.15, 0.2) is 0 Å². The van der Waals surface area contributed by atoms with Gasteiger partial charge in [0.25, 0.3) is 0 Å². The number of rotatable bonds is 5. The lowest BCUT2D eigenvalue weighted by Gasteiger charge is -2.14. The van der Waals surface area contributed by atoms with E-state index in [0.29, 0.717) is 23.8 Å². The summed E-state index contributed by atoms with van der Waals surface area (Å²) in [5, 5.41) is 3.40. The van der Waals surface area contributed by atoms with Gasteiger partial charge in [-0.05, 0) is 44.0 Å². The Kier molecular flexibility index (Phi) is 4.94. The Labute approximate surface area is 136 Å². The molecule has 4 heteroatoms. The third-order valence-corrected chi connectivity index (χ3v) is 4.28. The molecule has 1 saturated heterocycles. The summed E-state index contributed by atoms with van der Waals surface area (Å²) in [5.74, 6) is 0.513. The number of ether oxygens (including phenoxy) is 1. The molecule has 2 aromatic carbocycles. The quantitative estimate of drug-likeness (QED) is 0.885. The molecule has 2 aromatic rings. The highest BCUT2D eigenvalue weighted by molar-refractivity contribution is 5.66. The van der Waals surface area contributed by atoms with Gasteiger partial charge in [-0.1, -0.05) is 30.3 Å². The van der Waals surface area contributed by atoms with Crippen LogP contribution in [0.2, 0.25) is 0 Å². The zero-order valence-electron chi connectivity index (χ0n) is 13.4. The molecule has 0 spiro atoms. The minimum absolute atomic E-state index is 0.253. The summed E-state index contributed by atoms with van der Waals surface area (Å²) in [7, 11) is 0. The molecule has 3 nitrogen and oxygen atoms in total. The molecule has 1 unspecified atom stereocenters. The fraction of sp³-hybridized carbons (Fsp3) is 0.368. The lowest BCUT2D eigenvalue weighted by atomic mass is 9.99. The van der Waals surface area contributed by atoms with E-state index in [2.05, 4.69) is 5.32 Å². The van der Waals surface area contributed by atoms with Gasteiger partial charge in [0.2, 0.25) is 0 Å². The zero-order valence-corrected chi connectivity index (χ0v) is 13.4. The second kappa shape index (κ2) is 7.11. The third-order valence-electron chi connectivity index (χ3n) is 4.28. The molecular weight excluding hydrogens is 291 g/mol. The molecule has 1 heterocycles. The van der Waals surface area contributed by atoms with Crippen molar-refractivity contribution in [3.05, 3.63) is 53.8 Å². The summed E-state index contributed by atoms with van der Waals surface area (Å²) < 4.78 is 20.5. The Morgan fingerprint density at radius 3 is 2.87 bits per heavy atom. The summed E-state index contributed by atoms with van der Waals surface area (Å²) in [6.45, 7) is 3.49. The Morgan fingerprint density at radius 2 is 2.13 bits per heavy atom. The molecular formula is C19H23FN2O. The minimum atomic E-state index is -0.331. The number of hydrogen-bond acceptors (Lipinski definition) is 3. The first-order valence-electron chi connectivity index (χ1n) is 8.16. The highest BCUT2D eigenvalue weighted by Gasteiger charge is 2.15. The molecule has 0 aliphatic carbocycles. The normalized spacial score (nSPS) is 18.8. The van der Waals surface area contributed by atoms with Gasteiger partial charge in [-0.25, -0.2) is 4.39 Å². The van der Waals surface area contributed by atoms with Crippen molar-refractivity contribution >= 4 is 0 Å². The maximum absolute atomic E-state index is 14.6. The monoisotopic (exact) mass is 314 g/mol. The van der Waals surface area contributed by atoms with Crippen LogP contribution in [-0.4, -0.2) is 19.2 Å². The van der Waals surface area contributed by atoms with E-state index in [0.717, 1.165) is 24.3 Å². The number of halogens is 1. The van der Waals surface area contributed by atoms with Crippen molar-refractivity contribution in [2.24, 2.45) is 5.73 Å². The molecule has 0 saturated carbocycles. The Morgan fingerprint density at radius 1 is 1.30 bits per heavy atom. The number of nitrogens with two attached hydrogens (primary N) is 1. The van der Waals surface area contributed by atoms with Crippen molar-refractivity contribution in [1.29, 1.82) is 0 Å². The first-order valence-corrected chi connectivity index (χ1v) is 8.16. The molecule has 3 rings (SSSR count). The summed E-state index contributed by atoms with van der Waals surface area (Å²) in [5.41, 5.74) is 7.74. The van der Waals surface area contributed by atoms with Crippen molar-refractivity contribution in [3.63, 3.8) is 0 Å². The summed E-state index contributed by atoms with van der Waals surface area (Å²) >= 11 is 0. The molecule has 1 aliphatic heterocycles. The summed E-state index contributed by atoms with van der Waals surface area (Å²) in [4.78, 5) is 0. The van der Waals surface area contributed by atoms with E-state index >= 15 is 0 Å². The first kappa shape index (κ1) is 16.0. The van der Waals surface area contributed by atoms with E-state index in [1.54, 1.807) is 19.1 Å². The first-order chi connectivity index (χ1) is 11.1. The van der Waals surface area contributed by atoms with E-state index in [9.17, 15) is 4.39 Å². The molecule has 23 heavy (non-hydrogen) atoms. The van der Waals surface area contributed by atoms with Crippen LogP contribution in [-0.2, 0) is 0 Å². The van der Waals surface area contributed by atoms with Crippen molar-refractivity contribution < 1.29 is 9.13 Å². The smallest absolute Gasteiger partial charge is 0.135 e. The molecule has 0 amide bonds. The molecule has 3 N–H and O–H groups in total. The van der Waals surface area contributed by atoms with E-state index < -0.39 is 0 Å². The van der Waals surface area contributed by atoms with Gasteiger partial charge < -0.3 is 15.8 Å². The highest BCUT2D eigenvalue weighted by Crippen LogP contribution is 2.29. The van der Waals surface area contributed by atoms with Crippen LogP contribution >= 0.6 is 0 Å². The van der Waals surface area contributed by atoms with Crippen LogP contribution in [0.4, 0.5) is 4.39 Å². The van der Waals surface area contributed by atoms with E-state index in [-0.39, 0.29) is 11.9 Å². The van der Waals surface area contributed by atoms with Gasteiger partial charge in [-0.2, -0.15) is 0 Å². The standard InChI is InChI=1S/C19H23FN2O/c1-13(21)17-8-3-9-18(19(17)20)14-5-2-7-16(11-14)23-12-15-6-4-10-22-15/h2-3,5,7-9,11,13,15,22H,4,6,10,12,21H2,1H3/t13-,15?/m1/s1. The average molecular weight is 314 g/mol. The number of hydrogen-bond donors (Lipinski definition) is 2. The molecule has 122 valence electrons. The predicted molar refractivity (Wildman–Crippen MR) is 91.0 cm³/mol. The van der Waals surface area contributed by atoms with Crippen LogP contribution in [0.15, 0.2) is 42.5 Å². The van der Waals surface area contributed by atoms with Gasteiger partial charge >= 0.3 is 0 Å². The maximum atomic E-state index is 14.6. The zero-order chi connectivity index (χ0) is 16.2. The summed E-state index contributed by atoms with van der Waals surface area (Å²) in [6.07, 6.45) is 2.34. The van der Waals surface area contributed by atoms with Crippen LogP contribution in [0, 0.1) is 5.82 Å². The highest BCUT2D eigenvalue weighted by atomic mass is 19.1. The second-order valence-corrected chi connectivity index (χ2v) is 6.13. The molecule has 0 bridgehead atoms. The van der Waals surface area contributed by atoms with Gasteiger partial charge in [-0.3, -0.25) is 0 Å². The molecule has 0 aromatic heterocycles. The Hall–Kier alpha value is -1.91. The lowest BCUT2D eigenvalue weighted by molar-refractivity contribution is 0.277. The van der Waals surface area contributed by atoms with Crippen molar-refractivity contribution in [2.75, 3.05) is 13.2 Å². The van der Waals surface area contributed by atoms with Gasteiger partial charge in [-0.15, -0.1) is 0 Å². The third kappa shape index (κ3) is 3.71. The summed E-state index contributed by atoms with van der Waals surface area (Å²) in [6, 6.07) is 13.0. The molecule has 2 atom stereocenters. The Bertz CT molecular complexity index is 666. The van der Waals surface area contributed by atoms with E-state index in [1.807, 2.05) is 30.3 Å². The van der Waals surface area contributed by atoms with Crippen molar-refractivity contribution in [2.45, 2.75) is 31.8 Å². The van der Waals surface area contributed by atoms with Crippen molar-refractivity contribution in [3.8, 4) is 16.9 Å². The number of nitrogens with one attached hydrogen (secondary N) is 1. The number of benzene rings is 2. The van der Waals surface area contributed by atoms with Gasteiger partial charge in [0.05, 0.1) is 0 Å². The topological polar surface area (TPSA) is 47.3 Å². The Balaban J connectivity index is 1.80. The lowest BCUT2D eigenvalue weighted by Crippen LogP contribution is -2.28. The van der Waals surface area contributed by atoms with Crippen LogP contribution < -0.4 is 15.8 Å². The van der Waals surface area contributed by atoms with Crippen LogP contribution in [0.1, 0.15) is 31.4 Å².